The molecule has 1 rings (SSSR count). The predicted molar refractivity (Wildman–Crippen MR) is 67.6 cm³/mol. The van der Waals surface area contributed by atoms with Crippen molar-refractivity contribution in [3.05, 3.63) is 35.9 Å². The van der Waals surface area contributed by atoms with E-state index < -0.39 is 0 Å². The lowest BCUT2D eigenvalue weighted by Gasteiger charge is -2.04. The van der Waals surface area contributed by atoms with Crippen molar-refractivity contribution in [1.82, 2.24) is 0 Å². The lowest BCUT2D eigenvalue weighted by Crippen LogP contribution is -2.02. The maximum absolute atomic E-state index is 11.1. The average Bonchev–Trinajstić information content (AvgIpc) is 2.29. The van der Waals surface area contributed by atoms with Gasteiger partial charge in [-0.05, 0) is 31.9 Å². The molecule has 0 atom stereocenters. The third-order valence-electron chi connectivity index (χ3n) is 2.43. The summed E-state index contributed by atoms with van der Waals surface area (Å²) in [6.07, 6.45) is 2.93. The van der Waals surface area contributed by atoms with E-state index in [4.69, 9.17) is 4.74 Å². The Morgan fingerprint density at radius 3 is 2.76 bits per heavy atom. The Kier molecular flexibility index (Phi) is 5.27. The van der Waals surface area contributed by atoms with Gasteiger partial charge < -0.3 is 9.84 Å². The minimum absolute atomic E-state index is 0.186. The first-order valence-electron chi connectivity index (χ1n) is 5.76. The van der Waals surface area contributed by atoms with Crippen molar-refractivity contribution < 1.29 is 14.6 Å². The highest BCUT2D eigenvalue weighted by Crippen LogP contribution is 2.24. The number of hydrogen-bond acceptors (Lipinski definition) is 3. The highest BCUT2D eigenvalue weighted by molar-refractivity contribution is 5.71. The molecule has 0 bridgehead atoms. The average molecular weight is 234 g/mol. The zero-order valence-electron chi connectivity index (χ0n) is 10.3. The topological polar surface area (TPSA) is 46.5 Å². The van der Waals surface area contributed by atoms with Gasteiger partial charge in [0.25, 0.3) is 0 Å². The monoisotopic (exact) mass is 234 g/mol. The number of para-hydroxylation sites is 1. The van der Waals surface area contributed by atoms with Crippen LogP contribution in [0.1, 0.15) is 32.3 Å². The molecule has 0 aliphatic heterocycles. The summed E-state index contributed by atoms with van der Waals surface area (Å²) >= 11 is 0. The van der Waals surface area contributed by atoms with Gasteiger partial charge in [0.1, 0.15) is 5.75 Å². The maximum Gasteiger partial charge on any atom is 0.306 e. The summed E-state index contributed by atoms with van der Waals surface area (Å²) in [6, 6.07) is 7.16. The Labute approximate surface area is 102 Å². The van der Waals surface area contributed by atoms with Crippen LogP contribution in [-0.4, -0.2) is 17.7 Å². The van der Waals surface area contributed by atoms with Gasteiger partial charge in [0.2, 0.25) is 0 Å². The molecule has 0 saturated carbocycles. The zero-order chi connectivity index (χ0) is 12.7. The first kappa shape index (κ1) is 13.3. The number of allylic oxidation sites excluding steroid dienone is 2. The molecule has 0 spiro atoms. The number of aromatic hydroxyl groups is 1. The van der Waals surface area contributed by atoms with Gasteiger partial charge in [0.15, 0.2) is 0 Å². The second-order valence-electron chi connectivity index (χ2n) is 3.75. The zero-order valence-corrected chi connectivity index (χ0v) is 10.3. The molecule has 0 saturated heterocycles. The summed E-state index contributed by atoms with van der Waals surface area (Å²) in [7, 11) is 0. The molecular formula is C14H18O3. The van der Waals surface area contributed by atoms with E-state index in [-0.39, 0.29) is 11.7 Å². The van der Waals surface area contributed by atoms with Gasteiger partial charge in [-0.1, -0.05) is 24.3 Å². The van der Waals surface area contributed by atoms with E-state index in [1.807, 2.05) is 25.1 Å². The number of carbonyl (C=O) groups excluding carboxylic acids is 1. The normalized spacial score (nSPS) is 11.3. The maximum atomic E-state index is 11.1. The molecule has 17 heavy (non-hydrogen) atoms. The molecule has 0 radical (unpaired) electrons. The molecule has 0 unspecified atom stereocenters. The quantitative estimate of drug-likeness (QED) is 0.796. The van der Waals surface area contributed by atoms with Crippen molar-refractivity contribution in [2.24, 2.45) is 0 Å². The molecule has 1 N–H and O–H groups in total. The summed E-state index contributed by atoms with van der Waals surface area (Å²) in [6.45, 7) is 4.13. The van der Waals surface area contributed by atoms with Crippen molar-refractivity contribution in [1.29, 1.82) is 0 Å². The lowest BCUT2D eigenvalue weighted by molar-refractivity contribution is -0.142. The lowest BCUT2D eigenvalue weighted by atomic mass is 10.0. The molecular weight excluding hydrogens is 216 g/mol. The SMILES string of the molecule is CCOC(=O)CC/C=C(/C)c1ccccc1O. The summed E-state index contributed by atoms with van der Waals surface area (Å²) < 4.78 is 4.84. The van der Waals surface area contributed by atoms with Crippen LogP contribution in [0.15, 0.2) is 30.3 Å². The van der Waals surface area contributed by atoms with Crippen molar-refractivity contribution in [3.63, 3.8) is 0 Å². The number of phenols is 1. The summed E-state index contributed by atoms with van der Waals surface area (Å²) in [5.41, 5.74) is 1.77. The molecule has 3 heteroatoms. The second kappa shape index (κ2) is 6.74. The number of phenolic OH excluding ortho intramolecular Hbond substituents is 1. The van der Waals surface area contributed by atoms with Crippen LogP contribution in [0.2, 0.25) is 0 Å². The number of rotatable bonds is 5. The minimum atomic E-state index is -0.186. The molecule has 0 aliphatic rings. The van der Waals surface area contributed by atoms with Gasteiger partial charge in [-0.15, -0.1) is 0 Å². The van der Waals surface area contributed by atoms with E-state index in [2.05, 4.69) is 0 Å². The van der Waals surface area contributed by atoms with Gasteiger partial charge in [0.05, 0.1) is 6.61 Å². The molecule has 0 aromatic heterocycles. The van der Waals surface area contributed by atoms with Crippen molar-refractivity contribution in [2.45, 2.75) is 26.7 Å². The third kappa shape index (κ3) is 4.31. The van der Waals surface area contributed by atoms with Gasteiger partial charge in [-0.25, -0.2) is 0 Å². The fourth-order valence-corrected chi connectivity index (χ4v) is 1.56. The van der Waals surface area contributed by atoms with Crippen LogP contribution < -0.4 is 0 Å². The second-order valence-corrected chi connectivity index (χ2v) is 3.75. The van der Waals surface area contributed by atoms with E-state index >= 15 is 0 Å². The fraction of sp³-hybridized carbons (Fsp3) is 0.357. The molecule has 0 amide bonds. The molecule has 0 heterocycles. The molecule has 3 nitrogen and oxygen atoms in total. The smallest absolute Gasteiger partial charge is 0.306 e. The Bertz CT molecular complexity index is 408. The summed E-state index contributed by atoms with van der Waals surface area (Å²) in [5, 5.41) is 9.64. The highest BCUT2D eigenvalue weighted by atomic mass is 16.5. The van der Waals surface area contributed by atoms with Crippen LogP contribution in [0.5, 0.6) is 5.75 Å². The van der Waals surface area contributed by atoms with Crippen LogP contribution in [0.25, 0.3) is 5.57 Å². The number of benzene rings is 1. The van der Waals surface area contributed by atoms with Crippen LogP contribution in [0, 0.1) is 0 Å². The van der Waals surface area contributed by atoms with Gasteiger partial charge in [-0.3, -0.25) is 4.79 Å². The molecule has 0 aliphatic carbocycles. The van der Waals surface area contributed by atoms with Crippen LogP contribution >= 0.6 is 0 Å². The fourth-order valence-electron chi connectivity index (χ4n) is 1.56. The van der Waals surface area contributed by atoms with Gasteiger partial charge in [0, 0.05) is 12.0 Å². The van der Waals surface area contributed by atoms with Gasteiger partial charge in [-0.2, -0.15) is 0 Å². The Morgan fingerprint density at radius 2 is 2.12 bits per heavy atom. The summed E-state index contributed by atoms with van der Waals surface area (Å²) in [5.74, 6) is 0.0752. The number of esters is 1. The number of carbonyl (C=O) groups is 1. The van der Waals surface area contributed by atoms with Crippen molar-refractivity contribution in [3.8, 4) is 5.75 Å². The number of ether oxygens (including phenoxy) is 1. The molecule has 92 valence electrons. The van der Waals surface area contributed by atoms with Crippen LogP contribution in [0.3, 0.4) is 0 Å². The summed E-state index contributed by atoms with van der Waals surface area (Å²) in [4.78, 5) is 11.1. The highest BCUT2D eigenvalue weighted by Gasteiger charge is 2.03. The third-order valence-corrected chi connectivity index (χ3v) is 2.43. The largest absolute Gasteiger partial charge is 0.507 e. The Morgan fingerprint density at radius 1 is 1.41 bits per heavy atom. The van der Waals surface area contributed by atoms with Crippen LogP contribution in [0.4, 0.5) is 0 Å². The van der Waals surface area contributed by atoms with E-state index in [0.29, 0.717) is 19.4 Å². The first-order valence-corrected chi connectivity index (χ1v) is 5.76. The minimum Gasteiger partial charge on any atom is -0.507 e. The predicted octanol–water partition coefficient (Wildman–Crippen LogP) is 3.14. The van der Waals surface area contributed by atoms with Crippen molar-refractivity contribution in [2.75, 3.05) is 6.61 Å². The number of hydrogen-bond donors (Lipinski definition) is 1. The standard InChI is InChI=1S/C14H18O3/c1-3-17-14(16)10-6-7-11(2)12-8-4-5-9-13(12)15/h4-5,7-9,15H,3,6,10H2,1-2H3/b11-7-. The molecule has 1 aromatic rings. The molecule has 0 fully saturated rings. The van der Waals surface area contributed by atoms with Crippen LogP contribution in [-0.2, 0) is 9.53 Å². The van der Waals surface area contributed by atoms with E-state index in [1.165, 1.54) is 0 Å². The van der Waals surface area contributed by atoms with E-state index in [0.717, 1.165) is 11.1 Å². The van der Waals surface area contributed by atoms with E-state index in [9.17, 15) is 9.90 Å². The van der Waals surface area contributed by atoms with Crippen molar-refractivity contribution >= 4 is 11.5 Å². The first-order chi connectivity index (χ1) is 8.15. The van der Waals surface area contributed by atoms with E-state index in [1.54, 1.807) is 19.1 Å². The molecule has 1 aromatic carbocycles. The Hall–Kier alpha value is -1.77. The Balaban J connectivity index is 2.56. The van der Waals surface area contributed by atoms with Gasteiger partial charge >= 0.3 is 5.97 Å².